The van der Waals surface area contributed by atoms with Crippen molar-refractivity contribution in [3.8, 4) is 11.1 Å². The summed E-state index contributed by atoms with van der Waals surface area (Å²) in [6.07, 6.45) is 1.88. The summed E-state index contributed by atoms with van der Waals surface area (Å²) in [6, 6.07) is 17.9. The highest BCUT2D eigenvalue weighted by Crippen LogP contribution is 2.37. The van der Waals surface area contributed by atoms with Crippen molar-refractivity contribution in [1.82, 2.24) is 14.5 Å². The number of nitrogens with zero attached hydrogens (tertiary/aromatic N) is 5. The summed E-state index contributed by atoms with van der Waals surface area (Å²) in [5, 5.41) is 14.0. The van der Waals surface area contributed by atoms with Crippen molar-refractivity contribution in [2.45, 2.75) is 25.5 Å². The average Bonchev–Trinajstić information content (AvgIpc) is 3.44. The first-order valence-corrected chi connectivity index (χ1v) is 12.7. The molecule has 0 spiro atoms. The standard InChI is InChI=1S/C29H29FN6O2/c1-18-12-24(19-6-4-3-5-7-19)26(34(18)2)27(37)28(38)33-22-8-9-25-20(13-22)14-23-17-35(10-11-36(23)25)29-31-15-21(30)16-32-29/h3-9,12-13,15-16,23,27,37H,10-11,14,17H2,1-2H3,(H,33,38)/t23?,27-/m0/s1. The van der Waals surface area contributed by atoms with E-state index in [9.17, 15) is 14.3 Å². The number of carbonyl (C=O) groups is 1. The van der Waals surface area contributed by atoms with Crippen LogP contribution in [0.25, 0.3) is 11.1 Å². The van der Waals surface area contributed by atoms with Gasteiger partial charge in [-0.05, 0) is 48.7 Å². The number of amides is 1. The van der Waals surface area contributed by atoms with E-state index in [-0.39, 0.29) is 6.04 Å². The van der Waals surface area contributed by atoms with Crippen LogP contribution >= 0.6 is 0 Å². The molecule has 2 aliphatic heterocycles. The predicted octanol–water partition coefficient (Wildman–Crippen LogP) is 3.85. The summed E-state index contributed by atoms with van der Waals surface area (Å²) in [4.78, 5) is 25.9. The summed E-state index contributed by atoms with van der Waals surface area (Å²) >= 11 is 0. The van der Waals surface area contributed by atoms with Crippen molar-refractivity contribution in [2.75, 3.05) is 34.8 Å². The Morgan fingerprint density at radius 1 is 1.11 bits per heavy atom. The largest absolute Gasteiger partial charge is 0.377 e. The van der Waals surface area contributed by atoms with Gasteiger partial charge < -0.3 is 24.8 Å². The van der Waals surface area contributed by atoms with Crippen LogP contribution in [0.1, 0.15) is 23.1 Å². The molecular weight excluding hydrogens is 483 g/mol. The van der Waals surface area contributed by atoms with Gasteiger partial charge in [-0.1, -0.05) is 30.3 Å². The Balaban J connectivity index is 1.18. The van der Waals surface area contributed by atoms with Gasteiger partial charge in [0.1, 0.15) is 0 Å². The first-order chi connectivity index (χ1) is 18.4. The third kappa shape index (κ3) is 4.28. The lowest BCUT2D eigenvalue weighted by molar-refractivity contribution is -0.124. The molecule has 0 aliphatic carbocycles. The van der Waals surface area contributed by atoms with E-state index >= 15 is 0 Å². The number of benzene rings is 2. The number of aliphatic hydroxyl groups is 1. The van der Waals surface area contributed by atoms with Gasteiger partial charge in [-0.2, -0.15) is 0 Å². The third-order valence-corrected chi connectivity index (χ3v) is 7.60. The van der Waals surface area contributed by atoms with E-state index < -0.39 is 17.8 Å². The molecule has 4 heterocycles. The molecule has 8 nitrogen and oxygen atoms in total. The van der Waals surface area contributed by atoms with E-state index in [0.717, 1.165) is 54.1 Å². The van der Waals surface area contributed by atoms with Crippen LogP contribution < -0.4 is 15.1 Å². The van der Waals surface area contributed by atoms with Gasteiger partial charge >= 0.3 is 0 Å². The molecule has 0 radical (unpaired) electrons. The van der Waals surface area contributed by atoms with Gasteiger partial charge in [-0.15, -0.1) is 0 Å². The Morgan fingerprint density at radius 2 is 1.87 bits per heavy atom. The fourth-order valence-electron chi connectivity index (χ4n) is 5.62. The van der Waals surface area contributed by atoms with Gasteiger partial charge in [-0.3, -0.25) is 4.79 Å². The van der Waals surface area contributed by atoms with E-state index in [2.05, 4.69) is 25.1 Å². The van der Waals surface area contributed by atoms with Crippen molar-refractivity contribution in [3.05, 3.63) is 89.8 Å². The minimum Gasteiger partial charge on any atom is -0.377 e. The van der Waals surface area contributed by atoms with Gasteiger partial charge in [0.25, 0.3) is 5.91 Å². The van der Waals surface area contributed by atoms with Crippen molar-refractivity contribution < 1.29 is 14.3 Å². The van der Waals surface area contributed by atoms with Crippen molar-refractivity contribution in [3.63, 3.8) is 0 Å². The Labute approximate surface area is 220 Å². The summed E-state index contributed by atoms with van der Waals surface area (Å²) in [6.45, 7) is 4.24. The second-order valence-corrected chi connectivity index (χ2v) is 9.94. The van der Waals surface area contributed by atoms with Gasteiger partial charge in [0.2, 0.25) is 5.95 Å². The lowest BCUT2D eigenvalue weighted by Gasteiger charge is -2.39. The molecule has 9 heteroatoms. The van der Waals surface area contributed by atoms with Crippen molar-refractivity contribution in [1.29, 1.82) is 0 Å². The lowest BCUT2D eigenvalue weighted by Crippen LogP contribution is -2.52. The van der Waals surface area contributed by atoms with E-state index in [1.165, 1.54) is 12.4 Å². The zero-order chi connectivity index (χ0) is 26.4. The minimum atomic E-state index is -1.33. The van der Waals surface area contributed by atoms with Crippen LogP contribution in [0.5, 0.6) is 0 Å². The van der Waals surface area contributed by atoms with Gasteiger partial charge in [0, 0.05) is 49.3 Å². The maximum atomic E-state index is 13.2. The highest BCUT2D eigenvalue weighted by molar-refractivity contribution is 5.96. The number of aromatic nitrogens is 3. The van der Waals surface area contributed by atoms with Crippen molar-refractivity contribution in [2.24, 2.45) is 7.05 Å². The molecule has 2 aromatic carbocycles. The summed E-state index contributed by atoms with van der Waals surface area (Å²) < 4.78 is 15.1. The number of carbonyl (C=O) groups excluding carboxylic acids is 1. The Kier molecular flexibility index (Phi) is 6.07. The molecule has 6 rings (SSSR count). The first-order valence-electron chi connectivity index (χ1n) is 12.7. The zero-order valence-electron chi connectivity index (χ0n) is 21.3. The smallest absolute Gasteiger partial charge is 0.259 e. The van der Waals surface area contributed by atoms with Crippen LogP contribution in [-0.4, -0.2) is 51.2 Å². The van der Waals surface area contributed by atoms with Gasteiger partial charge in [0.05, 0.1) is 24.1 Å². The third-order valence-electron chi connectivity index (χ3n) is 7.60. The van der Waals surface area contributed by atoms with Crippen LogP contribution in [0, 0.1) is 12.7 Å². The molecule has 1 unspecified atom stereocenters. The molecular formula is C29H29FN6O2. The van der Waals surface area contributed by atoms with E-state index in [4.69, 9.17) is 0 Å². The Hall–Kier alpha value is -4.24. The normalized spacial score (nSPS) is 17.2. The molecule has 2 atom stereocenters. The van der Waals surface area contributed by atoms with Crippen molar-refractivity contribution >= 4 is 23.2 Å². The van der Waals surface area contributed by atoms with Crippen LogP contribution in [-0.2, 0) is 18.3 Å². The molecule has 1 saturated heterocycles. The molecule has 2 N–H and O–H groups in total. The maximum Gasteiger partial charge on any atom is 0.259 e. The molecule has 0 bridgehead atoms. The molecule has 0 saturated carbocycles. The summed E-state index contributed by atoms with van der Waals surface area (Å²) in [5.41, 5.74) is 6.26. The Morgan fingerprint density at radius 3 is 2.63 bits per heavy atom. The molecule has 194 valence electrons. The second-order valence-electron chi connectivity index (χ2n) is 9.94. The van der Waals surface area contributed by atoms with Gasteiger partial charge in [-0.25, -0.2) is 14.4 Å². The Bertz CT molecular complexity index is 1490. The number of nitrogens with one attached hydrogen (secondary N) is 1. The molecule has 2 aromatic heterocycles. The summed E-state index contributed by atoms with van der Waals surface area (Å²) in [7, 11) is 1.86. The second kappa shape index (κ2) is 9.57. The predicted molar refractivity (Wildman–Crippen MR) is 145 cm³/mol. The van der Waals surface area contributed by atoms with E-state index in [1.54, 1.807) is 0 Å². The molecule has 4 aromatic rings. The topological polar surface area (TPSA) is 86.5 Å². The highest BCUT2D eigenvalue weighted by Gasteiger charge is 2.35. The quantitative estimate of drug-likeness (QED) is 0.423. The SMILES string of the molecule is Cc1cc(-c2ccccc2)c([C@H](O)C(=O)Nc2ccc3c(c2)CC2CN(c4ncc(F)cn4)CCN32)n1C. The number of piperazine rings is 1. The van der Waals surface area contributed by atoms with Crippen LogP contribution in [0.3, 0.4) is 0 Å². The molecule has 1 fully saturated rings. The molecule has 2 aliphatic rings. The number of rotatable bonds is 5. The number of anilines is 3. The maximum absolute atomic E-state index is 13.2. The number of hydrogen-bond donors (Lipinski definition) is 2. The fraction of sp³-hybridized carbons (Fsp3) is 0.276. The lowest BCUT2D eigenvalue weighted by atomic mass is 10.0. The minimum absolute atomic E-state index is 0.240. The number of aliphatic hydroxyl groups excluding tert-OH is 1. The number of hydrogen-bond acceptors (Lipinski definition) is 6. The zero-order valence-corrected chi connectivity index (χ0v) is 21.3. The average molecular weight is 513 g/mol. The van der Waals surface area contributed by atoms with Crippen LogP contribution in [0.15, 0.2) is 67.0 Å². The van der Waals surface area contributed by atoms with Crippen LogP contribution in [0.4, 0.5) is 21.7 Å². The van der Waals surface area contributed by atoms with E-state index in [1.807, 2.05) is 73.1 Å². The molecule has 1 amide bonds. The molecule has 38 heavy (non-hydrogen) atoms. The number of fused-ring (bicyclic) bond motifs is 3. The highest BCUT2D eigenvalue weighted by atomic mass is 19.1. The monoisotopic (exact) mass is 512 g/mol. The van der Waals surface area contributed by atoms with Gasteiger partial charge in [0.15, 0.2) is 11.9 Å². The number of halogens is 1. The van der Waals surface area contributed by atoms with Crippen LogP contribution in [0.2, 0.25) is 0 Å². The van der Waals surface area contributed by atoms with E-state index in [0.29, 0.717) is 17.3 Å². The summed E-state index contributed by atoms with van der Waals surface area (Å²) in [5.74, 6) is -0.382. The number of aryl methyl sites for hydroxylation is 1. The fourth-order valence-corrected chi connectivity index (χ4v) is 5.62. The first kappa shape index (κ1) is 24.1.